The van der Waals surface area contributed by atoms with Gasteiger partial charge in [0.15, 0.2) is 0 Å². The Balaban J connectivity index is 3.92. The molecule has 0 amide bonds. The summed E-state index contributed by atoms with van der Waals surface area (Å²) < 4.78 is 25.9. The van der Waals surface area contributed by atoms with E-state index in [0.717, 1.165) is 0 Å². The maximum absolute atomic E-state index is 9.82. The van der Waals surface area contributed by atoms with Crippen molar-refractivity contribution in [2.24, 2.45) is 4.40 Å². The third-order valence-electron chi connectivity index (χ3n) is 0.209. The molecule has 0 saturated carbocycles. The molecule has 0 radical (unpaired) electrons. The molecule has 0 aromatic carbocycles. The molecule has 0 saturated heterocycles. The van der Waals surface area contributed by atoms with E-state index in [4.69, 9.17) is 0 Å². The molecule has 4 nitrogen and oxygen atoms in total. The molecule has 48 valence electrons. The van der Waals surface area contributed by atoms with Crippen LogP contribution in [0, 0.1) is 0 Å². The number of hydrogen-bond donors (Lipinski definition) is 0. The predicted molar refractivity (Wildman–Crippen MR) is 30.2 cm³/mol. The summed E-state index contributed by atoms with van der Waals surface area (Å²) in [6.45, 7) is 0. The van der Waals surface area contributed by atoms with Crippen molar-refractivity contribution >= 4 is 38.2 Å². The van der Waals surface area contributed by atoms with Gasteiger partial charge >= 0.3 is 9.24 Å². The van der Waals surface area contributed by atoms with E-state index in [9.17, 15) is 8.42 Å². The second kappa shape index (κ2) is 3.11. The van der Waals surface area contributed by atoms with Gasteiger partial charge in [-0.25, -0.2) is 0 Å². The lowest BCUT2D eigenvalue weighted by atomic mass is 11.6. The molecule has 0 rings (SSSR count). The maximum Gasteiger partial charge on any atom is 0.342 e. The Labute approximate surface area is 55.8 Å². The lowest BCUT2D eigenvalue weighted by molar-refractivity contribution is 0.607. The minimum atomic E-state index is -3.85. The van der Waals surface area contributed by atoms with Crippen LogP contribution in [0.3, 0.4) is 0 Å². The van der Waals surface area contributed by atoms with Crippen LogP contribution in [0.5, 0.6) is 0 Å². The van der Waals surface area contributed by atoms with Crippen molar-refractivity contribution in [1.82, 2.24) is 0 Å². The van der Waals surface area contributed by atoms with Crippen LogP contribution < -0.4 is 0 Å². The van der Waals surface area contributed by atoms with Crippen molar-refractivity contribution in [2.75, 3.05) is 0 Å². The van der Waals surface area contributed by atoms with E-state index < -0.39 is 9.24 Å². The van der Waals surface area contributed by atoms with Gasteiger partial charge in [-0.2, -0.15) is 8.42 Å². The van der Waals surface area contributed by atoms with Gasteiger partial charge in [0.1, 0.15) is 11.9 Å². The van der Waals surface area contributed by atoms with Gasteiger partial charge in [0.2, 0.25) is 6.40 Å². The molecule has 7 heteroatoms. The molecule has 0 aliphatic carbocycles. The molecular formula is CHCl2NO3S. The molecule has 0 aliphatic heterocycles. The van der Waals surface area contributed by atoms with E-state index in [-0.39, 0.29) is 0 Å². The van der Waals surface area contributed by atoms with E-state index in [1.165, 1.54) is 0 Å². The second-order valence-corrected chi connectivity index (χ2v) is 3.10. The van der Waals surface area contributed by atoms with Crippen molar-refractivity contribution in [3.63, 3.8) is 0 Å². The summed E-state index contributed by atoms with van der Waals surface area (Å²) in [5.41, 5.74) is 0. The standard InChI is InChI=1S/CHCl2NO3S/c2-7-1-4-8(3,5)6/h1H. The summed E-state index contributed by atoms with van der Waals surface area (Å²) in [6, 6.07) is 0. The fraction of sp³-hybridized carbons (Fsp3) is 0. The molecule has 0 heterocycles. The van der Waals surface area contributed by atoms with Gasteiger partial charge in [-0.15, -0.1) is 4.40 Å². The summed E-state index contributed by atoms with van der Waals surface area (Å²) in [6.07, 6.45) is 0.504. The first-order valence-electron chi connectivity index (χ1n) is 1.32. The largest absolute Gasteiger partial charge is 0.372 e. The Morgan fingerprint density at radius 2 is 2.12 bits per heavy atom. The lowest BCUT2D eigenvalue weighted by Crippen LogP contribution is -1.81. The number of halogens is 2. The van der Waals surface area contributed by atoms with E-state index in [1.807, 2.05) is 0 Å². The van der Waals surface area contributed by atoms with E-state index in [0.29, 0.717) is 6.40 Å². The minimum Gasteiger partial charge on any atom is -0.372 e. The minimum absolute atomic E-state index is 0.504. The van der Waals surface area contributed by atoms with Gasteiger partial charge in [0.25, 0.3) is 0 Å². The highest BCUT2D eigenvalue weighted by atomic mass is 35.7. The maximum atomic E-state index is 9.82. The first-order chi connectivity index (χ1) is 3.56. The number of nitrogens with zero attached hydrogens (tertiary/aromatic N) is 1. The molecule has 0 aromatic heterocycles. The van der Waals surface area contributed by atoms with Crippen molar-refractivity contribution in [3.8, 4) is 0 Å². The van der Waals surface area contributed by atoms with Gasteiger partial charge in [0, 0.05) is 10.7 Å². The predicted octanol–water partition coefficient (Wildman–Crippen LogP) is 0.669. The molecule has 0 aliphatic rings. The average molecular weight is 178 g/mol. The second-order valence-electron chi connectivity index (χ2n) is 0.712. The molecule has 0 aromatic rings. The topological polar surface area (TPSA) is 55.7 Å². The van der Waals surface area contributed by atoms with Gasteiger partial charge in [-0.3, -0.25) is 0 Å². The van der Waals surface area contributed by atoms with Crippen LogP contribution in [-0.2, 0) is 13.5 Å². The fourth-order valence-electron chi connectivity index (χ4n) is 0.0677. The van der Waals surface area contributed by atoms with Gasteiger partial charge in [-0.1, -0.05) is 0 Å². The lowest BCUT2D eigenvalue weighted by Gasteiger charge is -1.77. The molecule has 0 unspecified atom stereocenters. The van der Waals surface area contributed by atoms with Crippen molar-refractivity contribution < 1.29 is 12.7 Å². The zero-order valence-corrected chi connectivity index (χ0v) is 5.74. The Bertz CT molecular complexity index is 172. The normalized spacial score (nSPS) is 12.2. The van der Waals surface area contributed by atoms with Crippen LogP contribution in [0.15, 0.2) is 4.40 Å². The monoisotopic (exact) mass is 177 g/mol. The van der Waals surface area contributed by atoms with Crippen LogP contribution >= 0.6 is 22.5 Å². The summed E-state index contributed by atoms with van der Waals surface area (Å²) in [5, 5.41) is 0. The highest BCUT2D eigenvalue weighted by Crippen LogP contribution is 1.95. The van der Waals surface area contributed by atoms with Crippen molar-refractivity contribution in [2.45, 2.75) is 0 Å². The van der Waals surface area contributed by atoms with Crippen LogP contribution in [0.25, 0.3) is 0 Å². The summed E-state index contributed by atoms with van der Waals surface area (Å²) in [5.74, 6) is 0. The molecule has 0 atom stereocenters. The van der Waals surface area contributed by atoms with Gasteiger partial charge in [-0.05, 0) is 0 Å². The van der Waals surface area contributed by atoms with Crippen molar-refractivity contribution in [1.29, 1.82) is 0 Å². The number of rotatable bonds is 2. The first-order valence-corrected chi connectivity index (χ1v) is 3.89. The third-order valence-corrected chi connectivity index (χ3v) is 0.865. The van der Waals surface area contributed by atoms with Gasteiger partial charge < -0.3 is 4.29 Å². The third kappa shape index (κ3) is 6.00. The van der Waals surface area contributed by atoms with Crippen LogP contribution in [0.1, 0.15) is 0 Å². The highest BCUT2D eigenvalue weighted by molar-refractivity contribution is 8.12. The smallest absolute Gasteiger partial charge is 0.342 e. The molecular weight excluding hydrogens is 177 g/mol. The van der Waals surface area contributed by atoms with Crippen molar-refractivity contribution in [3.05, 3.63) is 0 Å². The van der Waals surface area contributed by atoms with E-state index in [2.05, 4.69) is 31.2 Å². The van der Waals surface area contributed by atoms with Crippen LogP contribution in [0.4, 0.5) is 0 Å². The quantitative estimate of drug-likeness (QED) is 0.354. The zero-order valence-electron chi connectivity index (χ0n) is 3.41. The van der Waals surface area contributed by atoms with E-state index in [1.54, 1.807) is 0 Å². The molecule has 0 fully saturated rings. The summed E-state index contributed by atoms with van der Waals surface area (Å²) in [7, 11) is 0.694. The highest BCUT2D eigenvalue weighted by Gasteiger charge is 1.95. The Kier molecular flexibility index (Phi) is 3.11. The molecule has 0 N–H and O–H groups in total. The fourth-order valence-corrected chi connectivity index (χ4v) is 0.398. The molecule has 8 heavy (non-hydrogen) atoms. The number of hydrogen-bond acceptors (Lipinski definition) is 3. The SMILES string of the molecule is O=S(=O)(Cl)N=COCl. The summed E-state index contributed by atoms with van der Waals surface area (Å²) >= 11 is 4.54. The van der Waals surface area contributed by atoms with E-state index >= 15 is 0 Å². The Morgan fingerprint density at radius 3 is 2.25 bits per heavy atom. The molecule has 0 spiro atoms. The summed E-state index contributed by atoms with van der Waals surface area (Å²) in [4.78, 5) is 0. The van der Waals surface area contributed by atoms with Crippen LogP contribution in [-0.4, -0.2) is 14.8 Å². The van der Waals surface area contributed by atoms with Crippen LogP contribution in [0.2, 0.25) is 0 Å². The first kappa shape index (κ1) is 8.00. The van der Waals surface area contributed by atoms with Gasteiger partial charge in [0.05, 0.1) is 0 Å². The Morgan fingerprint density at radius 1 is 1.62 bits per heavy atom. The average Bonchev–Trinajstić information content (AvgIpc) is 1.59. The zero-order chi connectivity index (χ0) is 6.62. The Hall–Kier alpha value is -0.000000000000000111. The molecule has 0 bridgehead atoms.